The van der Waals surface area contributed by atoms with E-state index in [1.807, 2.05) is 0 Å². The van der Waals surface area contributed by atoms with Crippen LogP contribution in [-0.4, -0.2) is 0 Å². The van der Waals surface area contributed by atoms with Gasteiger partial charge in [0.05, 0.1) is 11.3 Å². The minimum atomic E-state index is -4.50. The molecule has 0 unspecified atom stereocenters. The highest BCUT2D eigenvalue weighted by atomic mass is 79.9. The van der Waals surface area contributed by atoms with Gasteiger partial charge in [0, 0.05) is 4.47 Å². The van der Waals surface area contributed by atoms with E-state index in [1.54, 1.807) is 19.1 Å². The Morgan fingerprint density at radius 2 is 1.80 bits per heavy atom. The molecule has 0 fully saturated rings. The lowest BCUT2D eigenvalue weighted by Crippen LogP contribution is -2.07. The topological polar surface area (TPSA) is 35.2 Å². The third-order valence-electron chi connectivity index (χ3n) is 2.75. The summed E-state index contributed by atoms with van der Waals surface area (Å²) in [6.45, 7) is 1.76. The number of benzene rings is 2. The quantitative estimate of drug-likeness (QED) is 0.763. The van der Waals surface area contributed by atoms with Gasteiger partial charge in [0.2, 0.25) is 0 Å². The van der Waals surface area contributed by atoms with Gasteiger partial charge in [0.1, 0.15) is 5.75 Å². The largest absolute Gasteiger partial charge is 0.455 e. The van der Waals surface area contributed by atoms with Crippen molar-refractivity contribution < 1.29 is 17.9 Å². The molecule has 2 N–H and O–H groups in total. The van der Waals surface area contributed by atoms with Crippen LogP contribution in [0.2, 0.25) is 0 Å². The van der Waals surface area contributed by atoms with E-state index in [4.69, 9.17) is 10.5 Å². The van der Waals surface area contributed by atoms with Crippen LogP contribution in [0.25, 0.3) is 0 Å². The summed E-state index contributed by atoms with van der Waals surface area (Å²) in [5, 5.41) is 0. The Balaban J connectivity index is 2.46. The van der Waals surface area contributed by atoms with Crippen LogP contribution >= 0.6 is 15.9 Å². The maximum atomic E-state index is 13.0. The number of hydrogen-bond donors (Lipinski definition) is 1. The molecular weight excluding hydrogens is 335 g/mol. The second-order valence-corrected chi connectivity index (χ2v) is 5.14. The molecule has 106 valence electrons. The molecule has 0 aliphatic heterocycles. The number of ether oxygens (including phenoxy) is 1. The Hall–Kier alpha value is -1.69. The van der Waals surface area contributed by atoms with Crippen molar-refractivity contribution in [2.45, 2.75) is 13.1 Å². The van der Waals surface area contributed by atoms with E-state index < -0.39 is 11.7 Å². The zero-order valence-electron chi connectivity index (χ0n) is 10.5. The Kier molecular flexibility index (Phi) is 3.94. The Morgan fingerprint density at radius 3 is 2.45 bits per heavy atom. The third-order valence-corrected chi connectivity index (χ3v) is 3.24. The third kappa shape index (κ3) is 3.07. The van der Waals surface area contributed by atoms with Crippen molar-refractivity contribution in [2.24, 2.45) is 0 Å². The highest BCUT2D eigenvalue weighted by molar-refractivity contribution is 9.10. The standard InChI is InChI=1S/C14H11BrF3NO/c1-8-3-2-4-12(13(8)19)20-11-6-5-9(15)7-10(11)14(16,17)18/h2-7H,19H2,1H3. The van der Waals surface area contributed by atoms with Gasteiger partial charge in [-0.15, -0.1) is 0 Å². The zero-order chi connectivity index (χ0) is 14.9. The molecule has 20 heavy (non-hydrogen) atoms. The van der Waals surface area contributed by atoms with Crippen LogP contribution in [0, 0.1) is 6.92 Å². The molecule has 0 amide bonds. The lowest BCUT2D eigenvalue weighted by molar-refractivity contribution is -0.138. The zero-order valence-corrected chi connectivity index (χ0v) is 12.0. The lowest BCUT2D eigenvalue weighted by Gasteiger charge is -2.15. The molecule has 2 rings (SSSR count). The van der Waals surface area contributed by atoms with Crippen molar-refractivity contribution in [3.8, 4) is 11.5 Å². The number of halogens is 4. The summed E-state index contributed by atoms with van der Waals surface area (Å²) in [5.41, 5.74) is 6.02. The van der Waals surface area contributed by atoms with Crippen LogP contribution in [0.15, 0.2) is 40.9 Å². The van der Waals surface area contributed by atoms with Crippen LogP contribution in [0.5, 0.6) is 11.5 Å². The minimum absolute atomic E-state index is 0.206. The van der Waals surface area contributed by atoms with E-state index in [0.717, 1.165) is 11.6 Å². The number of nitrogens with two attached hydrogens (primary N) is 1. The molecule has 2 aromatic rings. The van der Waals surface area contributed by atoms with Crippen molar-refractivity contribution >= 4 is 21.6 Å². The fraction of sp³-hybridized carbons (Fsp3) is 0.143. The van der Waals surface area contributed by atoms with Gasteiger partial charge in [-0.05, 0) is 36.8 Å². The second-order valence-electron chi connectivity index (χ2n) is 4.23. The predicted octanol–water partition coefficient (Wildman–Crippen LogP) is 5.15. The van der Waals surface area contributed by atoms with Gasteiger partial charge in [0.15, 0.2) is 5.75 Å². The van der Waals surface area contributed by atoms with Gasteiger partial charge in [-0.25, -0.2) is 0 Å². The highest BCUT2D eigenvalue weighted by Crippen LogP contribution is 2.40. The fourth-order valence-electron chi connectivity index (χ4n) is 1.67. The molecule has 2 aromatic carbocycles. The van der Waals surface area contributed by atoms with E-state index in [0.29, 0.717) is 10.2 Å². The summed E-state index contributed by atoms with van der Waals surface area (Å²) in [6.07, 6.45) is -4.50. The van der Waals surface area contributed by atoms with Crippen molar-refractivity contribution in [3.05, 3.63) is 52.0 Å². The Morgan fingerprint density at radius 1 is 1.10 bits per heavy atom. The van der Waals surface area contributed by atoms with Gasteiger partial charge in [0.25, 0.3) is 0 Å². The van der Waals surface area contributed by atoms with Crippen molar-refractivity contribution in [1.82, 2.24) is 0 Å². The van der Waals surface area contributed by atoms with Crippen molar-refractivity contribution in [1.29, 1.82) is 0 Å². The molecule has 0 heterocycles. The highest BCUT2D eigenvalue weighted by Gasteiger charge is 2.35. The van der Waals surface area contributed by atoms with Crippen LogP contribution < -0.4 is 10.5 Å². The number of para-hydroxylation sites is 1. The maximum absolute atomic E-state index is 13.0. The predicted molar refractivity (Wildman–Crippen MR) is 74.8 cm³/mol. The summed E-state index contributed by atoms with van der Waals surface area (Å²) in [7, 11) is 0. The molecule has 0 radical (unpaired) electrons. The van der Waals surface area contributed by atoms with Crippen molar-refractivity contribution in [3.63, 3.8) is 0 Å². The summed E-state index contributed by atoms with van der Waals surface area (Å²) < 4.78 is 44.6. The molecule has 0 saturated heterocycles. The fourth-order valence-corrected chi connectivity index (χ4v) is 2.04. The molecule has 2 nitrogen and oxygen atoms in total. The van der Waals surface area contributed by atoms with Gasteiger partial charge >= 0.3 is 6.18 Å². The first kappa shape index (κ1) is 14.7. The average Bonchev–Trinajstić information content (AvgIpc) is 2.36. The number of hydrogen-bond acceptors (Lipinski definition) is 2. The summed E-state index contributed by atoms with van der Waals surface area (Å²) in [5.74, 6) is -0.0733. The maximum Gasteiger partial charge on any atom is 0.420 e. The van der Waals surface area contributed by atoms with E-state index >= 15 is 0 Å². The SMILES string of the molecule is Cc1cccc(Oc2ccc(Br)cc2C(F)(F)F)c1N. The van der Waals surface area contributed by atoms with Gasteiger partial charge in [-0.2, -0.15) is 13.2 Å². The van der Waals surface area contributed by atoms with Gasteiger partial charge in [-0.3, -0.25) is 0 Å². The number of aryl methyl sites for hydroxylation is 1. The lowest BCUT2D eigenvalue weighted by atomic mass is 10.1. The molecule has 0 spiro atoms. The summed E-state index contributed by atoms with van der Waals surface area (Å²) >= 11 is 3.02. The van der Waals surface area contributed by atoms with Gasteiger partial charge in [-0.1, -0.05) is 28.1 Å². The summed E-state index contributed by atoms with van der Waals surface area (Å²) in [6, 6.07) is 8.68. The second kappa shape index (κ2) is 5.36. The molecule has 6 heteroatoms. The molecule has 0 atom stereocenters. The van der Waals surface area contributed by atoms with Crippen LogP contribution in [0.3, 0.4) is 0 Å². The minimum Gasteiger partial charge on any atom is -0.455 e. The van der Waals surface area contributed by atoms with Crippen molar-refractivity contribution in [2.75, 3.05) is 5.73 Å². The first-order valence-corrected chi connectivity index (χ1v) is 6.48. The average molecular weight is 346 g/mol. The molecular formula is C14H11BrF3NO. The van der Waals surface area contributed by atoms with E-state index in [2.05, 4.69) is 15.9 Å². The molecule has 0 aliphatic carbocycles. The number of anilines is 1. The normalized spacial score (nSPS) is 11.4. The monoisotopic (exact) mass is 345 g/mol. The Labute approximate surface area is 122 Å². The van der Waals surface area contributed by atoms with E-state index in [1.165, 1.54) is 18.2 Å². The molecule has 0 aliphatic rings. The summed E-state index contributed by atoms with van der Waals surface area (Å²) in [4.78, 5) is 0. The molecule has 0 bridgehead atoms. The molecule has 0 aromatic heterocycles. The van der Waals surface area contributed by atoms with E-state index in [-0.39, 0.29) is 11.5 Å². The van der Waals surface area contributed by atoms with E-state index in [9.17, 15) is 13.2 Å². The number of nitrogen functional groups attached to an aromatic ring is 1. The van der Waals surface area contributed by atoms with Crippen LogP contribution in [0.4, 0.5) is 18.9 Å². The van der Waals surface area contributed by atoms with Crippen LogP contribution in [0.1, 0.15) is 11.1 Å². The number of rotatable bonds is 2. The Bertz CT molecular complexity index is 641. The smallest absolute Gasteiger partial charge is 0.420 e. The number of alkyl halides is 3. The molecule has 0 saturated carbocycles. The first-order valence-electron chi connectivity index (χ1n) is 5.68. The van der Waals surface area contributed by atoms with Gasteiger partial charge < -0.3 is 10.5 Å². The first-order chi connectivity index (χ1) is 9.29. The van der Waals surface area contributed by atoms with Crippen LogP contribution in [-0.2, 0) is 6.18 Å².